The number of hydrogen-bond donors (Lipinski definition) is 0. The van der Waals surface area contributed by atoms with Crippen LogP contribution in [0.15, 0.2) is 42.5 Å². The van der Waals surface area contributed by atoms with Gasteiger partial charge in [0.05, 0.1) is 0 Å². The van der Waals surface area contributed by atoms with Crippen LogP contribution in [0.3, 0.4) is 0 Å². The molecule has 166 valence electrons. The van der Waals surface area contributed by atoms with Gasteiger partial charge in [-0.3, -0.25) is 0 Å². The average Bonchev–Trinajstić information content (AvgIpc) is 3.05. The summed E-state index contributed by atoms with van der Waals surface area (Å²) in [5.74, 6) is 2.44. The average molecular weight is 429 g/mol. The summed E-state index contributed by atoms with van der Waals surface area (Å²) in [6.07, 6.45) is 2.34. The van der Waals surface area contributed by atoms with Gasteiger partial charge in [-0.1, -0.05) is 58.0 Å². The van der Waals surface area contributed by atoms with Crippen molar-refractivity contribution in [3.8, 4) is 11.5 Å². The van der Waals surface area contributed by atoms with E-state index in [9.17, 15) is 0 Å². The maximum Gasteiger partial charge on any atom is 0.246 e. The highest BCUT2D eigenvalue weighted by molar-refractivity contribution is 6.84. The lowest BCUT2D eigenvalue weighted by Crippen LogP contribution is -2.43. The van der Waals surface area contributed by atoms with Crippen LogP contribution >= 0.6 is 0 Å². The maximum absolute atomic E-state index is 5.71. The molecule has 2 aromatic rings. The zero-order valence-corrected chi connectivity index (χ0v) is 21.3. The van der Waals surface area contributed by atoms with Crippen LogP contribution in [0.5, 0.6) is 11.5 Å². The van der Waals surface area contributed by atoms with E-state index in [0.717, 1.165) is 17.9 Å². The van der Waals surface area contributed by atoms with E-state index in [1.807, 2.05) is 27.0 Å². The molecule has 0 fully saturated rings. The van der Waals surface area contributed by atoms with Crippen LogP contribution < -0.4 is 14.7 Å². The highest BCUT2D eigenvalue weighted by atomic mass is 28.4. The molecule has 4 heteroatoms. The smallest absolute Gasteiger partial charge is 0.246 e. The van der Waals surface area contributed by atoms with Gasteiger partial charge in [-0.2, -0.15) is 0 Å². The third-order valence-electron chi connectivity index (χ3n) is 6.16. The Hall–Kier alpha value is -1.78. The van der Waals surface area contributed by atoms with Crippen LogP contribution in [0.4, 0.5) is 0 Å². The minimum absolute atomic E-state index is 0.517. The van der Waals surface area contributed by atoms with Crippen molar-refractivity contribution in [3.05, 3.63) is 53.6 Å². The molecule has 30 heavy (non-hydrogen) atoms. The van der Waals surface area contributed by atoms with Gasteiger partial charge in [-0.15, -0.1) is 0 Å². The van der Waals surface area contributed by atoms with E-state index >= 15 is 0 Å². The SMILES string of the molecule is CCC(C)c1ccc([Si](C)(C)OC)cc1.CCC(C)c1ccc2c(c1)OC(C)(C)O2. The van der Waals surface area contributed by atoms with Crippen molar-refractivity contribution in [3.63, 3.8) is 0 Å². The molecular formula is C26H40O3Si. The predicted octanol–water partition coefficient (Wildman–Crippen LogP) is 6.97. The van der Waals surface area contributed by atoms with Crippen molar-refractivity contribution in [2.45, 2.75) is 85.1 Å². The summed E-state index contributed by atoms with van der Waals surface area (Å²) in [4.78, 5) is 0. The summed E-state index contributed by atoms with van der Waals surface area (Å²) in [6.45, 7) is 17.2. The summed E-state index contributed by atoms with van der Waals surface area (Å²) in [5.41, 5.74) is 2.75. The van der Waals surface area contributed by atoms with Crippen LogP contribution in [0.25, 0.3) is 0 Å². The fourth-order valence-corrected chi connectivity index (χ4v) is 4.55. The molecule has 2 aromatic carbocycles. The fourth-order valence-electron chi connectivity index (χ4n) is 3.35. The van der Waals surface area contributed by atoms with Crippen LogP contribution in [-0.4, -0.2) is 21.2 Å². The first kappa shape index (κ1) is 24.5. The monoisotopic (exact) mass is 428 g/mol. The fraction of sp³-hybridized carbons (Fsp3) is 0.538. The predicted molar refractivity (Wildman–Crippen MR) is 130 cm³/mol. The highest BCUT2D eigenvalue weighted by Crippen LogP contribution is 2.40. The summed E-state index contributed by atoms with van der Waals surface area (Å²) in [7, 11) is 0.193. The molecule has 1 heterocycles. The summed E-state index contributed by atoms with van der Waals surface area (Å²) >= 11 is 0. The Labute approximate surface area is 184 Å². The van der Waals surface area contributed by atoms with Gasteiger partial charge in [-0.25, -0.2) is 0 Å². The minimum Gasteiger partial charge on any atom is -0.449 e. The molecule has 0 radical (unpaired) electrons. The van der Waals surface area contributed by atoms with Crippen molar-refractivity contribution >= 4 is 13.5 Å². The minimum atomic E-state index is -1.62. The number of ether oxygens (including phenoxy) is 2. The zero-order valence-electron chi connectivity index (χ0n) is 20.3. The van der Waals surface area contributed by atoms with Gasteiger partial charge in [0, 0.05) is 21.0 Å². The second-order valence-corrected chi connectivity index (χ2v) is 13.3. The van der Waals surface area contributed by atoms with Crippen molar-refractivity contribution in [1.29, 1.82) is 0 Å². The van der Waals surface area contributed by atoms with Gasteiger partial charge in [0.15, 0.2) is 11.5 Å². The third-order valence-corrected chi connectivity index (χ3v) is 8.90. The van der Waals surface area contributed by atoms with E-state index in [1.165, 1.54) is 22.7 Å². The molecule has 0 saturated heterocycles. The number of rotatable bonds is 6. The molecule has 3 rings (SSSR count). The number of benzene rings is 2. The van der Waals surface area contributed by atoms with Gasteiger partial charge in [0.25, 0.3) is 0 Å². The van der Waals surface area contributed by atoms with Crippen molar-refractivity contribution < 1.29 is 13.9 Å². The van der Waals surface area contributed by atoms with Crippen LogP contribution in [0.2, 0.25) is 13.1 Å². The Kier molecular flexibility index (Phi) is 8.18. The molecular weight excluding hydrogens is 388 g/mol. The molecule has 1 aliphatic rings. The quantitative estimate of drug-likeness (QED) is 0.465. The first-order chi connectivity index (χ1) is 14.0. The number of hydrogen-bond acceptors (Lipinski definition) is 3. The zero-order chi connectivity index (χ0) is 22.5. The second-order valence-electron chi connectivity index (χ2n) is 9.27. The molecule has 2 atom stereocenters. The lowest BCUT2D eigenvalue weighted by molar-refractivity contribution is -0.0431. The van der Waals surface area contributed by atoms with E-state index in [2.05, 4.69) is 77.2 Å². The largest absolute Gasteiger partial charge is 0.449 e. The van der Waals surface area contributed by atoms with Gasteiger partial charge < -0.3 is 13.9 Å². The van der Waals surface area contributed by atoms with Gasteiger partial charge in [0.2, 0.25) is 14.1 Å². The maximum atomic E-state index is 5.71. The molecule has 2 unspecified atom stereocenters. The molecule has 0 aromatic heterocycles. The Balaban J connectivity index is 0.000000214. The Morgan fingerprint density at radius 2 is 1.33 bits per heavy atom. The number of fused-ring (bicyclic) bond motifs is 1. The van der Waals surface area contributed by atoms with Crippen molar-refractivity contribution in [1.82, 2.24) is 0 Å². The van der Waals surface area contributed by atoms with Crippen molar-refractivity contribution in [2.75, 3.05) is 7.11 Å². The summed E-state index contributed by atoms with van der Waals surface area (Å²) in [6, 6.07) is 15.2. The van der Waals surface area contributed by atoms with Crippen LogP contribution in [0, 0.1) is 0 Å². The van der Waals surface area contributed by atoms with E-state index in [0.29, 0.717) is 11.8 Å². The van der Waals surface area contributed by atoms with Gasteiger partial charge in [-0.05, 0) is 66.2 Å². The molecule has 1 aliphatic heterocycles. The van der Waals surface area contributed by atoms with Gasteiger partial charge >= 0.3 is 0 Å². The summed E-state index contributed by atoms with van der Waals surface area (Å²) < 4.78 is 16.9. The van der Waals surface area contributed by atoms with E-state index in [1.54, 1.807) is 0 Å². The lowest BCUT2D eigenvalue weighted by Gasteiger charge is -2.21. The van der Waals surface area contributed by atoms with Crippen LogP contribution in [-0.2, 0) is 4.43 Å². The van der Waals surface area contributed by atoms with Crippen LogP contribution in [0.1, 0.15) is 77.3 Å². The van der Waals surface area contributed by atoms with Gasteiger partial charge in [0.1, 0.15) is 0 Å². The Morgan fingerprint density at radius 3 is 1.87 bits per heavy atom. The molecule has 0 bridgehead atoms. The Morgan fingerprint density at radius 1 is 0.833 bits per heavy atom. The molecule has 0 aliphatic carbocycles. The van der Waals surface area contributed by atoms with E-state index in [-0.39, 0.29) is 0 Å². The lowest BCUT2D eigenvalue weighted by atomic mass is 9.98. The standard InChI is InChI=1S/C13H18O2.C13H22OSi/c1-5-9(2)10-6-7-11-12(8-10)15-13(3,4)14-11;1-6-11(2)12-7-9-13(10-8-12)15(4,5)14-3/h6-9H,5H2,1-4H3;7-11H,6H2,1-5H3. The summed E-state index contributed by atoms with van der Waals surface area (Å²) in [5, 5.41) is 1.37. The first-order valence-electron chi connectivity index (χ1n) is 11.2. The molecule has 0 N–H and O–H groups in total. The molecule has 3 nitrogen and oxygen atoms in total. The molecule has 0 saturated carbocycles. The normalized spacial score (nSPS) is 16.4. The first-order valence-corrected chi connectivity index (χ1v) is 14.1. The third kappa shape index (κ3) is 6.11. The Bertz CT molecular complexity index is 812. The second kappa shape index (κ2) is 10.0. The van der Waals surface area contributed by atoms with E-state index in [4.69, 9.17) is 13.9 Å². The van der Waals surface area contributed by atoms with E-state index < -0.39 is 14.1 Å². The highest BCUT2D eigenvalue weighted by Gasteiger charge is 2.31. The molecule has 0 amide bonds. The van der Waals surface area contributed by atoms with Crippen molar-refractivity contribution in [2.24, 2.45) is 0 Å². The molecule has 0 spiro atoms. The topological polar surface area (TPSA) is 27.7 Å².